The van der Waals surface area contributed by atoms with Crippen LogP contribution in [0.15, 0.2) is 36.5 Å². The summed E-state index contributed by atoms with van der Waals surface area (Å²) in [6.07, 6.45) is 1.80. The van der Waals surface area contributed by atoms with Gasteiger partial charge in [-0.25, -0.2) is 4.39 Å². The zero-order valence-electron chi connectivity index (χ0n) is 11.4. The monoisotopic (exact) mass is 299 g/mol. The number of hydrogen-bond acceptors (Lipinski definition) is 3. The van der Waals surface area contributed by atoms with E-state index in [0.29, 0.717) is 13.1 Å². The highest BCUT2D eigenvalue weighted by molar-refractivity contribution is 5.85. The molecular weight excluding hydrogens is 281 g/mol. The van der Waals surface area contributed by atoms with Gasteiger partial charge in [0.15, 0.2) is 0 Å². The van der Waals surface area contributed by atoms with Gasteiger partial charge in [0.25, 0.3) is 0 Å². The van der Waals surface area contributed by atoms with Crippen molar-refractivity contribution in [2.24, 2.45) is 0 Å². The smallest absolute Gasteiger partial charge is 0.118 e. The maximum atomic E-state index is 12.1. The largest absolute Gasteiger partial charge is 0.497 e. The summed E-state index contributed by atoms with van der Waals surface area (Å²) in [6.45, 7) is 1.37. The normalized spacial score (nSPS) is 10.1. The van der Waals surface area contributed by atoms with Crippen LogP contribution < -0.4 is 10.1 Å². The van der Waals surface area contributed by atoms with Crippen LogP contribution in [0.2, 0.25) is 0 Å². The molecule has 0 aliphatic heterocycles. The second kappa shape index (κ2) is 8.55. The lowest BCUT2D eigenvalue weighted by molar-refractivity contribution is 0.414. The summed E-state index contributed by atoms with van der Waals surface area (Å²) >= 11 is 0. The van der Waals surface area contributed by atoms with Gasteiger partial charge < -0.3 is 10.1 Å². The van der Waals surface area contributed by atoms with Crippen molar-refractivity contribution in [3.63, 3.8) is 0 Å². The van der Waals surface area contributed by atoms with Crippen LogP contribution in [0.25, 0.3) is 0 Å². The highest BCUT2D eigenvalue weighted by atomic mass is 35.5. The first-order chi connectivity index (χ1) is 9.31. The number of aryl methyl sites for hydroxylation is 1. The van der Waals surface area contributed by atoms with E-state index < -0.39 is 0 Å². The zero-order chi connectivity index (χ0) is 13.5. The number of alkyl halides is 1. The number of nitrogens with zero attached hydrogens (tertiary/aromatic N) is 2. The summed E-state index contributed by atoms with van der Waals surface area (Å²) in [4.78, 5) is 0. The molecule has 6 heteroatoms. The first-order valence-corrected chi connectivity index (χ1v) is 6.24. The molecule has 4 nitrogen and oxygen atoms in total. The Morgan fingerprint density at radius 3 is 2.60 bits per heavy atom. The zero-order valence-corrected chi connectivity index (χ0v) is 12.2. The molecule has 0 amide bonds. The Morgan fingerprint density at radius 2 is 1.95 bits per heavy atom. The van der Waals surface area contributed by atoms with Crippen molar-refractivity contribution < 1.29 is 9.13 Å². The van der Waals surface area contributed by atoms with Crippen LogP contribution in [-0.4, -0.2) is 23.6 Å². The number of aromatic nitrogens is 2. The molecule has 2 rings (SSSR count). The number of methoxy groups -OCH3 is 1. The van der Waals surface area contributed by atoms with Gasteiger partial charge in [0.1, 0.15) is 12.4 Å². The molecule has 0 aliphatic carbocycles. The molecule has 0 saturated heterocycles. The number of benzene rings is 1. The molecule has 0 radical (unpaired) electrons. The van der Waals surface area contributed by atoms with E-state index in [1.165, 1.54) is 5.56 Å². The summed E-state index contributed by atoms with van der Waals surface area (Å²) in [5.74, 6) is 0.855. The molecule has 0 aliphatic rings. The van der Waals surface area contributed by atoms with Crippen molar-refractivity contribution in [3.8, 4) is 5.75 Å². The molecule has 110 valence electrons. The number of hydrogen-bond donors (Lipinski definition) is 1. The third-order valence-electron chi connectivity index (χ3n) is 2.80. The summed E-state index contributed by atoms with van der Waals surface area (Å²) in [5, 5.41) is 7.55. The minimum atomic E-state index is -0.388. The second-order valence-corrected chi connectivity index (χ2v) is 4.21. The quantitative estimate of drug-likeness (QED) is 0.854. The van der Waals surface area contributed by atoms with Gasteiger partial charge in [0.2, 0.25) is 0 Å². The van der Waals surface area contributed by atoms with E-state index in [2.05, 4.69) is 10.4 Å². The Balaban J connectivity index is 0.00000200. The number of ether oxygens (including phenoxy) is 1. The third kappa shape index (κ3) is 4.83. The summed E-state index contributed by atoms with van der Waals surface area (Å²) in [5.41, 5.74) is 2.10. The molecule has 0 spiro atoms. The van der Waals surface area contributed by atoms with E-state index in [1.807, 2.05) is 30.3 Å². The van der Waals surface area contributed by atoms with Gasteiger partial charge >= 0.3 is 0 Å². The van der Waals surface area contributed by atoms with Crippen LogP contribution in [0.1, 0.15) is 11.3 Å². The summed E-state index contributed by atoms with van der Waals surface area (Å²) < 4.78 is 18.9. The van der Waals surface area contributed by atoms with Crippen LogP contribution in [0.3, 0.4) is 0 Å². The average Bonchev–Trinajstić information content (AvgIpc) is 2.88. The number of rotatable bonds is 7. The molecule has 0 atom stereocenters. The van der Waals surface area contributed by atoms with E-state index in [1.54, 1.807) is 18.0 Å². The van der Waals surface area contributed by atoms with E-state index in [9.17, 15) is 4.39 Å². The molecule has 0 bridgehead atoms. The van der Waals surface area contributed by atoms with Crippen LogP contribution in [-0.2, 0) is 19.6 Å². The molecule has 1 aromatic heterocycles. The van der Waals surface area contributed by atoms with Crippen molar-refractivity contribution in [1.29, 1.82) is 0 Å². The average molecular weight is 300 g/mol. The lowest BCUT2D eigenvalue weighted by Gasteiger charge is -2.04. The third-order valence-corrected chi connectivity index (χ3v) is 2.80. The highest BCUT2D eigenvalue weighted by Crippen LogP contribution is 2.11. The Bertz CT molecular complexity index is 501. The SMILES string of the molecule is COc1ccc(CNCc2ccn(CCF)n2)cc1.Cl. The van der Waals surface area contributed by atoms with Crippen molar-refractivity contribution in [3.05, 3.63) is 47.8 Å². The molecule has 20 heavy (non-hydrogen) atoms. The number of nitrogens with one attached hydrogen (secondary N) is 1. The minimum absolute atomic E-state index is 0. The molecule has 1 heterocycles. The maximum Gasteiger partial charge on any atom is 0.118 e. The molecule has 1 N–H and O–H groups in total. The standard InChI is InChI=1S/C14H18FN3O.ClH/c1-19-14-4-2-12(3-5-14)10-16-11-13-6-8-18(17-13)9-7-15;/h2-6,8,16H,7,9-11H2,1H3;1H. The Morgan fingerprint density at radius 1 is 1.20 bits per heavy atom. The van der Waals surface area contributed by atoms with Crippen molar-refractivity contribution in [2.45, 2.75) is 19.6 Å². The molecule has 2 aromatic rings. The van der Waals surface area contributed by atoms with Crippen molar-refractivity contribution in [2.75, 3.05) is 13.8 Å². The van der Waals surface area contributed by atoms with E-state index >= 15 is 0 Å². The van der Waals surface area contributed by atoms with Gasteiger partial charge in [-0.1, -0.05) is 12.1 Å². The predicted octanol–water partition coefficient (Wildman–Crippen LogP) is 2.57. The van der Waals surface area contributed by atoms with Crippen LogP contribution in [0, 0.1) is 0 Å². The molecule has 0 unspecified atom stereocenters. The van der Waals surface area contributed by atoms with Gasteiger partial charge in [0.05, 0.1) is 19.3 Å². The lowest BCUT2D eigenvalue weighted by Crippen LogP contribution is -2.13. The predicted molar refractivity (Wildman–Crippen MR) is 79.0 cm³/mol. The number of halogens is 2. The van der Waals surface area contributed by atoms with Crippen LogP contribution in [0.5, 0.6) is 5.75 Å². The van der Waals surface area contributed by atoms with Gasteiger partial charge in [-0.2, -0.15) is 5.10 Å². The topological polar surface area (TPSA) is 39.1 Å². The Hall–Kier alpha value is -1.59. The van der Waals surface area contributed by atoms with Crippen LogP contribution >= 0.6 is 12.4 Å². The summed E-state index contributed by atoms with van der Waals surface area (Å²) in [7, 11) is 1.65. The molecule has 0 saturated carbocycles. The van der Waals surface area contributed by atoms with Gasteiger partial charge in [0, 0.05) is 19.3 Å². The van der Waals surface area contributed by atoms with E-state index in [-0.39, 0.29) is 19.1 Å². The summed E-state index contributed by atoms with van der Waals surface area (Å²) in [6, 6.07) is 9.82. The van der Waals surface area contributed by atoms with Crippen molar-refractivity contribution >= 4 is 12.4 Å². The van der Waals surface area contributed by atoms with E-state index in [0.717, 1.165) is 18.0 Å². The van der Waals surface area contributed by atoms with Gasteiger partial charge in [-0.15, -0.1) is 12.4 Å². The Kier molecular flexibility index (Phi) is 7.04. The second-order valence-electron chi connectivity index (χ2n) is 4.21. The fourth-order valence-corrected chi connectivity index (χ4v) is 1.79. The lowest BCUT2D eigenvalue weighted by atomic mass is 10.2. The first-order valence-electron chi connectivity index (χ1n) is 6.24. The fraction of sp³-hybridized carbons (Fsp3) is 0.357. The molecule has 1 aromatic carbocycles. The van der Waals surface area contributed by atoms with E-state index in [4.69, 9.17) is 4.74 Å². The maximum absolute atomic E-state index is 12.1. The minimum Gasteiger partial charge on any atom is -0.497 e. The molecular formula is C14H19ClFN3O. The Labute approximate surface area is 124 Å². The fourth-order valence-electron chi connectivity index (χ4n) is 1.79. The van der Waals surface area contributed by atoms with Gasteiger partial charge in [-0.3, -0.25) is 4.68 Å². The highest BCUT2D eigenvalue weighted by Gasteiger charge is 1.99. The molecule has 0 fully saturated rings. The first kappa shape index (κ1) is 16.5. The van der Waals surface area contributed by atoms with Gasteiger partial charge in [-0.05, 0) is 23.8 Å². The van der Waals surface area contributed by atoms with Crippen LogP contribution in [0.4, 0.5) is 4.39 Å². The van der Waals surface area contributed by atoms with Crippen molar-refractivity contribution in [1.82, 2.24) is 15.1 Å².